The zero-order chi connectivity index (χ0) is 22.4. The first-order chi connectivity index (χ1) is 14.8. The molecule has 1 unspecified atom stereocenters. The molecule has 0 saturated heterocycles. The van der Waals surface area contributed by atoms with E-state index in [4.69, 9.17) is 9.47 Å². The van der Waals surface area contributed by atoms with Crippen LogP contribution in [0.4, 0.5) is 11.4 Å². The summed E-state index contributed by atoms with van der Waals surface area (Å²) in [5.41, 5.74) is 1.90. The van der Waals surface area contributed by atoms with Crippen molar-refractivity contribution in [3.05, 3.63) is 78.4 Å². The fraction of sp³-hybridized carbons (Fsp3) is 0.174. The zero-order valence-corrected chi connectivity index (χ0v) is 18.3. The van der Waals surface area contributed by atoms with E-state index in [9.17, 15) is 13.2 Å². The minimum atomic E-state index is -3.74. The van der Waals surface area contributed by atoms with Crippen molar-refractivity contribution >= 4 is 27.3 Å². The maximum Gasteiger partial charge on any atom is 0.265 e. The van der Waals surface area contributed by atoms with Gasteiger partial charge in [-0.05, 0) is 80.1 Å². The molecule has 0 radical (unpaired) electrons. The molecule has 1 amide bonds. The summed E-state index contributed by atoms with van der Waals surface area (Å²) in [6.45, 7) is 3.51. The summed E-state index contributed by atoms with van der Waals surface area (Å²) < 4.78 is 38.4. The van der Waals surface area contributed by atoms with Crippen LogP contribution in [0.3, 0.4) is 0 Å². The fourth-order valence-electron chi connectivity index (χ4n) is 2.80. The van der Waals surface area contributed by atoms with Gasteiger partial charge in [0.25, 0.3) is 15.9 Å². The number of benzene rings is 3. The van der Waals surface area contributed by atoms with E-state index in [0.717, 1.165) is 5.56 Å². The smallest absolute Gasteiger partial charge is 0.265 e. The van der Waals surface area contributed by atoms with Crippen molar-refractivity contribution in [3.63, 3.8) is 0 Å². The molecule has 0 spiro atoms. The molecular weight excluding hydrogens is 416 g/mol. The van der Waals surface area contributed by atoms with Gasteiger partial charge in [0.1, 0.15) is 11.5 Å². The van der Waals surface area contributed by atoms with Crippen molar-refractivity contribution in [1.29, 1.82) is 0 Å². The average molecular weight is 441 g/mol. The van der Waals surface area contributed by atoms with Gasteiger partial charge in [-0.25, -0.2) is 8.42 Å². The lowest BCUT2D eigenvalue weighted by atomic mass is 10.2. The SMILES string of the molecule is COc1ccc(OC(C)C(=O)Nc2ccc(S(=O)(=O)Nc3cccc(C)c3)cc2)cc1. The van der Waals surface area contributed by atoms with Gasteiger partial charge in [0.05, 0.1) is 12.0 Å². The monoisotopic (exact) mass is 440 g/mol. The predicted molar refractivity (Wildman–Crippen MR) is 120 cm³/mol. The standard InChI is InChI=1S/C23H24N2O5S/c1-16-5-4-6-19(15-16)25-31(27,28)22-13-7-18(8-14-22)24-23(26)17(2)30-21-11-9-20(29-3)10-12-21/h4-15,17,25H,1-3H3,(H,24,26). The van der Waals surface area contributed by atoms with E-state index in [1.165, 1.54) is 24.3 Å². The average Bonchev–Trinajstić information content (AvgIpc) is 2.74. The van der Waals surface area contributed by atoms with Crippen LogP contribution < -0.4 is 19.5 Å². The Kier molecular flexibility index (Phi) is 6.81. The van der Waals surface area contributed by atoms with Crippen LogP contribution in [0, 0.1) is 6.92 Å². The molecule has 31 heavy (non-hydrogen) atoms. The van der Waals surface area contributed by atoms with E-state index in [-0.39, 0.29) is 10.8 Å². The summed E-state index contributed by atoms with van der Waals surface area (Å²) in [5, 5.41) is 2.72. The number of sulfonamides is 1. The molecule has 0 aromatic heterocycles. The lowest BCUT2D eigenvalue weighted by molar-refractivity contribution is -0.122. The van der Waals surface area contributed by atoms with Crippen LogP contribution in [-0.4, -0.2) is 27.5 Å². The molecule has 3 aromatic carbocycles. The summed E-state index contributed by atoms with van der Waals surface area (Å²) in [5.74, 6) is 0.868. The molecule has 0 fully saturated rings. The summed E-state index contributed by atoms with van der Waals surface area (Å²) in [4.78, 5) is 12.5. The number of rotatable bonds is 8. The summed E-state index contributed by atoms with van der Waals surface area (Å²) in [6.07, 6.45) is -0.750. The predicted octanol–water partition coefficient (Wildman–Crippen LogP) is 4.21. The van der Waals surface area contributed by atoms with Crippen LogP contribution in [0.1, 0.15) is 12.5 Å². The number of hydrogen-bond donors (Lipinski definition) is 2. The maximum absolute atomic E-state index is 12.6. The van der Waals surface area contributed by atoms with Gasteiger partial charge in [0, 0.05) is 11.4 Å². The minimum absolute atomic E-state index is 0.0922. The highest BCUT2D eigenvalue weighted by Gasteiger charge is 2.17. The Morgan fingerprint density at radius 3 is 2.16 bits per heavy atom. The molecule has 0 bridgehead atoms. The molecule has 0 aliphatic carbocycles. The van der Waals surface area contributed by atoms with Gasteiger partial charge >= 0.3 is 0 Å². The number of anilines is 2. The highest BCUT2D eigenvalue weighted by atomic mass is 32.2. The summed E-state index contributed by atoms with van der Waals surface area (Å²) >= 11 is 0. The van der Waals surface area contributed by atoms with Crippen molar-refractivity contribution in [3.8, 4) is 11.5 Å². The van der Waals surface area contributed by atoms with E-state index >= 15 is 0 Å². The largest absolute Gasteiger partial charge is 0.497 e. The second kappa shape index (κ2) is 9.53. The molecule has 0 saturated carbocycles. The van der Waals surface area contributed by atoms with Crippen molar-refractivity contribution in [2.75, 3.05) is 17.1 Å². The van der Waals surface area contributed by atoms with Gasteiger partial charge < -0.3 is 14.8 Å². The van der Waals surface area contributed by atoms with Crippen LogP contribution in [-0.2, 0) is 14.8 Å². The topological polar surface area (TPSA) is 93.7 Å². The third kappa shape index (κ3) is 5.99. The quantitative estimate of drug-likeness (QED) is 0.547. The highest BCUT2D eigenvalue weighted by molar-refractivity contribution is 7.92. The molecule has 0 aliphatic rings. The van der Waals surface area contributed by atoms with E-state index in [1.807, 2.05) is 13.0 Å². The van der Waals surface area contributed by atoms with Crippen molar-refractivity contribution in [2.24, 2.45) is 0 Å². The molecule has 3 rings (SSSR count). The molecule has 0 heterocycles. The molecule has 3 aromatic rings. The molecule has 162 valence electrons. The molecule has 7 nitrogen and oxygen atoms in total. The number of carbonyl (C=O) groups excluding carboxylic acids is 1. The molecular formula is C23H24N2O5S. The van der Waals surface area contributed by atoms with Gasteiger partial charge in [-0.1, -0.05) is 12.1 Å². The fourth-order valence-corrected chi connectivity index (χ4v) is 3.85. The van der Waals surface area contributed by atoms with E-state index in [2.05, 4.69) is 10.0 Å². The van der Waals surface area contributed by atoms with Crippen LogP contribution >= 0.6 is 0 Å². The Morgan fingerprint density at radius 2 is 1.55 bits per heavy atom. The number of nitrogens with one attached hydrogen (secondary N) is 2. The van der Waals surface area contributed by atoms with E-state index in [0.29, 0.717) is 22.9 Å². The van der Waals surface area contributed by atoms with Gasteiger partial charge in [0.15, 0.2) is 6.10 Å². The lowest BCUT2D eigenvalue weighted by Gasteiger charge is -2.15. The Labute approximate surface area is 182 Å². The van der Waals surface area contributed by atoms with Gasteiger partial charge in [-0.15, -0.1) is 0 Å². The van der Waals surface area contributed by atoms with Crippen LogP contribution in [0.2, 0.25) is 0 Å². The van der Waals surface area contributed by atoms with E-state index < -0.39 is 16.1 Å². The van der Waals surface area contributed by atoms with Gasteiger partial charge in [-0.2, -0.15) is 0 Å². The third-order valence-corrected chi connectivity index (χ3v) is 5.84. The van der Waals surface area contributed by atoms with Crippen LogP contribution in [0.25, 0.3) is 0 Å². The number of ether oxygens (including phenoxy) is 2. The van der Waals surface area contributed by atoms with E-state index in [1.54, 1.807) is 56.5 Å². The number of amides is 1. The zero-order valence-electron chi connectivity index (χ0n) is 17.5. The normalized spacial score (nSPS) is 12.0. The van der Waals surface area contributed by atoms with Gasteiger partial charge in [-0.3, -0.25) is 9.52 Å². The number of carbonyl (C=O) groups is 1. The highest BCUT2D eigenvalue weighted by Crippen LogP contribution is 2.21. The molecule has 0 aliphatic heterocycles. The Hall–Kier alpha value is -3.52. The Morgan fingerprint density at radius 1 is 0.903 bits per heavy atom. The maximum atomic E-state index is 12.6. The van der Waals surface area contributed by atoms with Gasteiger partial charge in [0.2, 0.25) is 0 Å². The minimum Gasteiger partial charge on any atom is -0.497 e. The molecule has 8 heteroatoms. The molecule has 1 atom stereocenters. The number of methoxy groups -OCH3 is 1. The van der Waals surface area contributed by atoms with Crippen LogP contribution in [0.15, 0.2) is 77.7 Å². The number of hydrogen-bond acceptors (Lipinski definition) is 5. The second-order valence-corrected chi connectivity index (χ2v) is 8.61. The third-order valence-electron chi connectivity index (χ3n) is 4.44. The van der Waals surface area contributed by atoms with Crippen molar-refractivity contribution in [1.82, 2.24) is 0 Å². The first kappa shape index (κ1) is 22.2. The van der Waals surface area contributed by atoms with Crippen molar-refractivity contribution in [2.45, 2.75) is 24.8 Å². The summed E-state index contributed by atoms with van der Waals surface area (Å²) in [7, 11) is -2.17. The number of aryl methyl sites for hydroxylation is 1. The second-order valence-electron chi connectivity index (χ2n) is 6.92. The first-order valence-corrected chi connectivity index (χ1v) is 11.1. The summed E-state index contributed by atoms with van der Waals surface area (Å²) in [6, 6.07) is 19.9. The Balaban J connectivity index is 1.61. The van der Waals surface area contributed by atoms with Crippen LogP contribution in [0.5, 0.6) is 11.5 Å². The Bertz CT molecular complexity index is 1140. The lowest BCUT2D eigenvalue weighted by Crippen LogP contribution is -2.30. The van der Waals surface area contributed by atoms with Crippen molar-refractivity contribution < 1.29 is 22.7 Å². The molecule has 2 N–H and O–H groups in total. The first-order valence-electron chi connectivity index (χ1n) is 9.58.